The van der Waals surface area contributed by atoms with Gasteiger partial charge in [0.25, 0.3) is 5.56 Å². The number of benzene rings is 1. The van der Waals surface area contributed by atoms with Crippen LogP contribution in [-0.2, 0) is 20.9 Å². The van der Waals surface area contributed by atoms with Crippen molar-refractivity contribution in [3.8, 4) is 17.3 Å². The molecule has 8 heteroatoms. The Bertz CT molecular complexity index is 1110. The average molecular weight is 406 g/mol. The molecule has 1 amide bonds. The topological polar surface area (TPSA) is 114 Å². The molecule has 1 aromatic carbocycles. The molecule has 1 saturated heterocycles. The zero-order valence-corrected chi connectivity index (χ0v) is 16.7. The van der Waals surface area contributed by atoms with Crippen molar-refractivity contribution in [2.45, 2.75) is 32.7 Å². The molecule has 0 unspecified atom stereocenters. The summed E-state index contributed by atoms with van der Waals surface area (Å²) in [4.78, 5) is 41.8. The van der Waals surface area contributed by atoms with E-state index in [-0.39, 0.29) is 35.6 Å². The van der Waals surface area contributed by atoms with Gasteiger partial charge in [-0.25, -0.2) is 4.98 Å². The fraction of sp³-hybridized carbons (Fsp3) is 0.409. The smallest absolute Gasteiger partial charge is 0.254 e. The Kier molecular flexibility index (Phi) is 5.46. The van der Waals surface area contributed by atoms with E-state index < -0.39 is 0 Å². The second kappa shape index (κ2) is 8.20. The largest absolute Gasteiger partial charge is 0.381 e. The van der Waals surface area contributed by atoms with Crippen molar-refractivity contribution in [1.82, 2.24) is 9.55 Å². The number of ketones is 1. The number of amides is 1. The molecule has 1 N–H and O–H groups in total. The van der Waals surface area contributed by atoms with Crippen molar-refractivity contribution in [2.75, 3.05) is 18.5 Å². The Labute approximate surface area is 173 Å². The number of aryl methyl sites for hydroxylation is 1. The minimum Gasteiger partial charge on any atom is -0.381 e. The number of hydrogen-bond donors (Lipinski definition) is 1. The minimum atomic E-state index is -0.334. The Balaban J connectivity index is 1.62. The van der Waals surface area contributed by atoms with E-state index in [0.29, 0.717) is 48.0 Å². The first-order valence-corrected chi connectivity index (χ1v) is 9.98. The summed E-state index contributed by atoms with van der Waals surface area (Å²) in [6.45, 7) is 2.83. The van der Waals surface area contributed by atoms with Gasteiger partial charge in [-0.3, -0.25) is 19.0 Å². The molecule has 1 aromatic heterocycles. The number of carbonyl (C=O) groups excluding carboxylic acids is 2. The third kappa shape index (κ3) is 4.31. The Morgan fingerprint density at radius 1 is 1.30 bits per heavy atom. The average Bonchev–Trinajstić information content (AvgIpc) is 3.53. The predicted molar refractivity (Wildman–Crippen MR) is 109 cm³/mol. The van der Waals surface area contributed by atoms with Gasteiger partial charge >= 0.3 is 0 Å². The first kappa shape index (κ1) is 20.0. The van der Waals surface area contributed by atoms with Crippen molar-refractivity contribution in [3.05, 3.63) is 46.0 Å². The Morgan fingerprint density at radius 2 is 2.07 bits per heavy atom. The lowest BCUT2D eigenvalue weighted by molar-refractivity contribution is -0.125. The van der Waals surface area contributed by atoms with Crippen LogP contribution in [0.4, 0.5) is 5.69 Å². The summed E-state index contributed by atoms with van der Waals surface area (Å²) in [6, 6.07) is 8.30. The van der Waals surface area contributed by atoms with Crippen LogP contribution in [0.5, 0.6) is 0 Å². The highest BCUT2D eigenvalue weighted by Gasteiger charge is 2.30. The van der Waals surface area contributed by atoms with Gasteiger partial charge in [-0.05, 0) is 38.0 Å². The summed E-state index contributed by atoms with van der Waals surface area (Å²) < 4.78 is 6.45. The lowest BCUT2D eigenvalue weighted by atomic mass is 10.0. The summed E-state index contributed by atoms with van der Waals surface area (Å²) >= 11 is 0. The maximum atomic E-state index is 12.7. The minimum absolute atomic E-state index is 0.00151. The van der Waals surface area contributed by atoms with E-state index in [1.807, 2.05) is 0 Å². The highest BCUT2D eigenvalue weighted by molar-refractivity contribution is 5.97. The Hall–Kier alpha value is -3.31. The molecule has 2 heterocycles. The summed E-state index contributed by atoms with van der Waals surface area (Å²) in [5.41, 5.74) is 1.48. The first-order chi connectivity index (χ1) is 14.4. The second-order valence-electron chi connectivity index (χ2n) is 7.89. The molecule has 2 aliphatic rings. The van der Waals surface area contributed by atoms with Crippen molar-refractivity contribution in [1.29, 1.82) is 5.26 Å². The molecule has 0 spiro atoms. The lowest BCUT2D eigenvalue weighted by Gasteiger charge is -2.25. The van der Waals surface area contributed by atoms with Gasteiger partial charge in [0, 0.05) is 29.9 Å². The van der Waals surface area contributed by atoms with E-state index in [2.05, 4.69) is 16.4 Å². The number of ether oxygens (including phenoxy) is 1. The molecular formula is C22H22N4O4. The molecule has 2 fully saturated rings. The van der Waals surface area contributed by atoms with E-state index in [0.717, 1.165) is 12.8 Å². The number of Topliss-reactive ketones (excluding diaryl/α,β-unsaturated/α-hetero) is 1. The van der Waals surface area contributed by atoms with Crippen LogP contribution in [0.15, 0.2) is 29.1 Å². The van der Waals surface area contributed by atoms with Crippen LogP contribution >= 0.6 is 0 Å². The van der Waals surface area contributed by atoms with Gasteiger partial charge in [0.2, 0.25) is 5.91 Å². The fourth-order valence-electron chi connectivity index (χ4n) is 3.44. The third-order valence-electron chi connectivity index (χ3n) is 5.39. The van der Waals surface area contributed by atoms with Crippen molar-refractivity contribution < 1.29 is 14.3 Å². The Morgan fingerprint density at radius 3 is 2.67 bits per heavy atom. The van der Waals surface area contributed by atoms with Crippen molar-refractivity contribution in [2.24, 2.45) is 11.8 Å². The molecule has 154 valence electrons. The molecule has 0 radical (unpaired) electrons. The number of carbonyl (C=O) groups is 2. The summed E-state index contributed by atoms with van der Waals surface area (Å²) in [5, 5.41) is 12.1. The van der Waals surface area contributed by atoms with Crippen LogP contribution in [0.25, 0.3) is 11.3 Å². The van der Waals surface area contributed by atoms with Gasteiger partial charge in [-0.1, -0.05) is 0 Å². The maximum Gasteiger partial charge on any atom is 0.254 e. The van der Waals surface area contributed by atoms with E-state index in [9.17, 15) is 19.6 Å². The van der Waals surface area contributed by atoms with Crippen molar-refractivity contribution in [3.63, 3.8) is 0 Å². The quantitative estimate of drug-likeness (QED) is 0.753. The highest BCUT2D eigenvalue weighted by Crippen LogP contribution is 2.33. The summed E-state index contributed by atoms with van der Waals surface area (Å²) in [7, 11) is 0. The number of anilines is 1. The molecule has 4 rings (SSSR count). The fourth-order valence-corrected chi connectivity index (χ4v) is 3.44. The number of aromatic nitrogens is 2. The van der Waals surface area contributed by atoms with E-state index in [4.69, 9.17) is 4.74 Å². The molecule has 1 aliphatic heterocycles. The molecule has 0 bridgehead atoms. The van der Waals surface area contributed by atoms with Gasteiger partial charge in [-0.2, -0.15) is 5.26 Å². The first-order valence-electron chi connectivity index (χ1n) is 9.98. The van der Waals surface area contributed by atoms with Crippen LogP contribution in [-0.4, -0.2) is 34.5 Å². The van der Waals surface area contributed by atoms with Gasteiger partial charge in [0.1, 0.15) is 5.82 Å². The van der Waals surface area contributed by atoms with Crippen molar-refractivity contribution >= 4 is 17.4 Å². The zero-order valence-electron chi connectivity index (χ0n) is 16.7. The molecule has 2 aromatic rings. The van der Waals surface area contributed by atoms with E-state index in [1.54, 1.807) is 25.1 Å². The number of hydrogen-bond acceptors (Lipinski definition) is 6. The highest BCUT2D eigenvalue weighted by atomic mass is 16.5. The molecule has 1 saturated carbocycles. The van der Waals surface area contributed by atoms with Crippen LogP contribution in [0.3, 0.4) is 0 Å². The number of nitrogens with one attached hydrogen (secondary N) is 1. The predicted octanol–water partition coefficient (Wildman–Crippen LogP) is 2.04. The van der Waals surface area contributed by atoms with Crippen LogP contribution in [0.1, 0.15) is 30.7 Å². The number of rotatable bonds is 7. The van der Waals surface area contributed by atoms with E-state index >= 15 is 0 Å². The summed E-state index contributed by atoms with van der Waals surface area (Å²) in [5.74, 6) is 0.524. The maximum absolute atomic E-state index is 12.7. The number of nitriles is 1. The summed E-state index contributed by atoms with van der Waals surface area (Å²) in [6.07, 6.45) is 2.10. The van der Waals surface area contributed by atoms with Gasteiger partial charge in [0.15, 0.2) is 5.78 Å². The van der Waals surface area contributed by atoms with Gasteiger partial charge < -0.3 is 10.1 Å². The monoisotopic (exact) mass is 406 g/mol. The molecule has 0 atom stereocenters. The lowest BCUT2D eigenvalue weighted by Crippen LogP contribution is -2.33. The van der Waals surface area contributed by atoms with Gasteiger partial charge in [-0.15, -0.1) is 0 Å². The second-order valence-corrected chi connectivity index (χ2v) is 7.89. The normalized spacial score (nSPS) is 15.9. The molecular weight excluding hydrogens is 384 g/mol. The molecule has 30 heavy (non-hydrogen) atoms. The standard InChI is InChI=1S/C22H22N4O4/c1-13-24-20(8-21(28)26(13)10-17(27)6-15-11-30-12-15)18-5-2-14(9-23)7-19(18)25-22(29)16-3-4-16/h2,5,7-8,15-16H,3-4,6,10-12H2,1H3,(H,25,29). The SMILES string of the molecule is Cc1nc(-c2ccc(C#N)cc2NC(=O)C2CC2)cc(=O)n1CC(=O)CC1COC1. The third-order valence-corrected chi connectivity index (χ3v) is 5.39. The van der Waals surface area contributed by atoms with Crippen LogP contribution in [0, 0.1) is 30.1 Å². The van der Waals surface area contributed by atoms with Crippen LogP contribution < -0.4 is 10.9 Å². The van der Waals surface area contributed by atoms with E-state index in [1.165, 1.54) is 10.6 Å². The van der Waals surface area contributed by atoms with Crippen LogP contribution in [0.2, 0.25) is 0 Å². The zero-order chi connectivity index (χ0) is 21.3. The molecule has 8 nitrogen and oxygen atoms in total. The molecule has 1 aliphatic carbocycles. The van der Waals surface area contributed by atoms with Gasteiger partial charge in [0.05, 0.1) is 42.8 Å². The number of nitrogens with zero attached hydrogens (tertiary/aromatic N) is 3.